The normalized spacial score (nSPS) is 11.0. The SMILES string of the molecule is CCNC(=NCc1ccc(N(C)C)cc1)NCCc1ncc(C)s1.I. The number of nitrogens with one attached hydrogen (secondary N) is 2. The maximum absolute atomic E-state index is 4.66. The van der Waals surface area contributed by atoms with Crippen molar-refractivity contribution < 1.29 is 0 Å². The molecule has 2 N–H and O–H groups in total. The van der Waals surface area contributed by atoms with Gasteiger partial charge < -0.3 is 15.5 Å². The molecule has 1 heterocycles. The molecule has 0 aliphatic heterocycles. The zero-order valence-corrected chi connectivity index (χ0v) is 18.5. The van der Waals surface area contributed by atoms with E-state index in [1.54, 1.807) is 11.3 Å². The third-order valence-corrected chi connectivity index (χ3v) is 4.49. The van der Waals surface area contributed by atoms with Crippen LogP contribution in [0.2, 0.25) is 0 Å². The second-order valence-corrected chi connectivity index (χ2v) is 7.12. The molecule has 0 fully saturated rings. The fourth-order valence-electron chi connectivity index (χ4n) is 2.22. The highest BCUT2D eigenvalue weighted by molar-refractivity contribution is 14.0. The van der Waals surface area contributed by atoms with E-state index in [0.717, 1.165) is 30.5 Å². The second kappa shape index (κ2) is 11.3. The Hall–Kier alpha value is -1.35. The van der Waals surface area contributed by atoms with Crippen LogP contribution in [0.3, 0.4) is 0 Å². The number of aryl methyl sites for hydroxylation is 1. The predicted molar refractivity (Wildman–Crippen MR) is 120 cm³/mol. The van der Waals surface area contributed by atoms with Gasteiger partial charge in [-0.05, 0) is 31.5 Å². The van der Waals surface area contributed by atoms with Crippen molar-refractivity contribution in [1.29, 1.82) is 0 Å². The van der Waals surface area contributed by atoms with Crippen LogP contribution < -0.4 is 15.5 Å². The minimum atomic E-state index is 0. The van der Waals surface area contributed by atoms with Crippen molar-refractivity contribution in [1.82, 2.24) is 15.6 Å². The number of nitrogens with zero attached hydrogens (tertiary/aromatic N) is 3. The molecule has 7 heteroatoms. The van der Waals surface area contributed by atoms with Crippen molar-refractivity contribution in [2.24, 2.45) is 4.99 Å². The summed E-state index contributed by atoms with van der Waals surface area (Å²) in [6.45, 7) is 6.51. The van der Waals surface area contributed by atoms with Gasteiger partial charge in [0.25, 0.3) is 0 Å². The van der Waals surface area contributed by atoms with Crippen LogP contribution in [0.25, 0.3) is 0 Å². The van der Waals surface area contributed by atoms with Crippen LogP contribution in [-0.2, 0) is 13.0 Å². The van der Waals surface area contributed by atoms with E-state index in [4.69, 9.17) is 0 Å². The van der Waals surface area contributed by atoms with Gasteiger partial charge in [-0.15, -0.1) is 35.3 Å². The predicted octanol–water partition coefficient (Wildman–Crippen LogP) is 3.43. The summed E-state index contributed by atoms with van der Waals surface area (Å²) in [7, 11) is 4.09. The first kappa shape index (κ1) is 21.7. The second-order valence-electron chi connectivity index (χ2n) is 5.80. The van der Waals surface area contributed by atoms with Crippen LogP contribution in [0, 0.1) is 6.92 Å². The molecule has 0 saturated carbocycles. The number of aromatic nitrogens is 1. The van der Waals surface area contributed by atoms with Crippen molar-refractivity contribution in [3.8, 4) is 0 Å². The van der Waals surface area contributed by atoms with Crippen LogP contribution in [0.1, 0.15) is 22.4 Å². The third-order valence-electron chi connectivity index (χ3n) is 3.52. The van der Waals surface area contributed by atoms with Gasteiger partial charge in [-0.1, -0.05) is 12.1 Å². The van der Waals surface area contributed by atoms with E-state index in [2.05, 4.69) is 63.6 Å². The highest BCUT2D eigenvalue weighted by Crippen LogP contribution is 2.13. The molecular formula is C18H28IN5S. The van der Waals surface area contributed by atoms with Crippen LogP contribution in [0.15, 0.2) is 35.5 Å². The highest BCUT2D eigenvalue weighted by atomic mass is 127. The summed E-state index contributed by atoms with van der Waals surface area (Å²) in [5, 5.41) is 7.83. The molecule has 0 saturated heterocycles. The van der Waals surface area contributed by atoms with E-state index >= 15 is 0 Å². The average molecular weight is 473 g/mol. The van der Waals surface area contributed by atoms with Gasteiger partial charge in [-0.2, -0.15) is 0 Å². The molecular weight excluding hydrogens is 445 g/mol. The Balaban J connectivity index is 0.00000312. The van der Waals surface area contributed by atoms with E-state index in [1.165, 1.54) is 16.1 Å². The van der Waals surface area contributed by atoms with E-state index in [0.29, 0.717) is 6.54 Å². The Morgan fingerprint density at radius 2 is 1.92 bits per heavy atom. The molecule has 2 rings (SSSR count). The lowest BCUT2D eigenvalue weighted by atomic mass is 10.2. The molecule has 0 aliphatic carbocycles. The molecule has 0 spiro atoms. The Morgan fingerprint density at radius 3 is 2.48 bits per heavy atom. The van der Waals surface area contributed by atoms with E-state index < -0.39 is 0 Å². The van der Waals surface area contributed by atoms with Gasteiger partial charge in [0, 0.05) is 50.4 Å². The molecule has 0 bridgehead atoms. The van der Waals surface area contributed by atoms with Crippen molar-refractivity contribution in [3.05, 3.63) is 45.9 Å². The number of guanidine groups is 1. The van der Waals surface area contributed by atoms with Crippen LogP contribution >= 0.6 is 35.3 Å². The van der Waals surface area contributed by atoms with Crippen molar-refractivity contribution in [2.75, 3.05) is 32.1 Å². The molecule has 138 valence electrons. The standard InChI is InChI=1S/C18H27N5S.HI/c1-5-19-18(20-11-10-17-21-12-14(2)24-17)22-13-15-6-8-16(9-7-15)23(3)4;/h6-9,12H,5,10-11,13H2,1-4H3,(H2,19,20,22);1H. The van der Waals surface area contributed by atoms with Gasteiger partial charge in [0.1, 0.15) is 0 Å². The Labute approximate surface area is 172 Å². The summed E-state index contributed by atoms with van der Waals surface area (Å²) >= 11 is 1.75. The summed E-state index contributed by atoms with van der Waals surface area (Å²) in [6.07, 6.45) is 2.84. The zero-order chi connectivity index (χ0) is 17.4. The number of halogens is 1. The van der Waals surface area contributed by atoms with Gasteiger partial charge in [0.15, 0.2) is 5.96 Å². The van der Waals surface area contributed by atoms with Crippen molar-refractivity contribution in [2.45, 2.75) is 26.8 Å². The van der Waals surface area contributed by atoms with Crippen LogP contribution in [0.4, 0.5) is 5.69 Å². The summed E-state index contributed by atoms with van der Waals surface area (Å²) < 4.78 is 0. The highest BCUT2D eigenvalue weighted by Gasteiger charge is 2.01. The first-order valence-electron chi connectivity index (χ1n) is 8.28. The Kier molecular flexibility index (Phi) is 9.81. The minimum absolute atomic E-state index is 0. The lowest BCUT2D eigenvalue weighted by molar-refractivity contribution is 0.796. The van der Waals surface area contributed by atoms with Gasteiger partial charge in [0.05, 0.1) is 11.6 Å². The summed E-state index contributed by atoms with van der Waals surface area (Å²) in [4.78, 5) is 12.4. The van der Waals surface area contributed by atoms with E-state index in [1.807, 2.05) is 20.3 Å². The number of aliphatic imine (C=N–C) groups is 1. The van der Waals surface area contributed by atoms with Gasteiger partial charge in [-0.25, -0.2) is 9.98 Å². The average Bonchev–Trinajstić information content (AvgIpc) is 2.98. The smallest absolute Gasteiger partial charge is 0.191 e. The van der Waals surface area contributed by atoms with Crippen molar-refractivity contribution in [3.63, 3.8) is 0 Å². The summed E-state index contributed by atoms with van der Waals surface area (Å²) in [5.41, 5.74) is 2.40. The van der Waals surface area contributed by atoms with Gasteiger partial charge >= 0.3 is 0 Å². The zero-order valence-electron chi connectivity index (χ0n) is 15.4. The Bertz CT molecular complexity index is 652. The number of hydrogen-bond donors (Lipinski definition) is 2. The monoisotopic (exact) mass is 473 g/mol. The first-order valence-corrected chi connectivity index (χ1v) is 9.10. The molecule has 2 aromatic rings. The number of hydrogen-bond acceptors (Lipinski definition) is 4. The minimum Gasteiger partial charge on any atom is -0.378 e. The molecule has 25 heavy (non-hydrogen) atoms. The van der Waals surface area contributed by atoms with Gasteiger partial charge in [0.2, 0.25) is 0 Å². The molecule has 0 radical (unpaired) electrons. The fourth-order valence-corrected chi connectivity index (χ4v) is 3.00. The lowest BCUT2D eigenvalue weighted by Gasteiger charge is -2.13. The molecule has 0 unspecified atom stereocenters. The fraction of sp³-hybridized carbons (Fsp3) is 0.444. The summed E-state index contributed by atoms with van der Waals surface area (Å²) in [6, 6.07) is 8.49. The number of benzene rings is 1. The Morgan fingerprint density at radius 1 is 1.20 bits per heavy atom. The first-order chi connectivity index (χ1) is 11.6. The van der Waals surface area contributed by atoms with Crippen LogP contribution in [-0.4, -0.2) is 38.1 Å². The molecule has 0 aliphatic rings. The largest absolute Gasteiger partial charge is 0.378 e. The number of thiazole rings is 1. The van der Waals surface area contributed by atoms with Gasteiger partial charge in [-0.3, -0.25) is 0 Å². The molecule has 0 atom stereocenters. The molecule has 5 nitrogen and oxygen atoms in total. The lowest BCUT2D eigenvalue weighted by Crippen LogP contribution is -2.38. The van der Waals surface area contributed by atoms with Crippen molar-refractivity contribution >= 4 is 47.0 Å². The maximum atomic E-state index is 4.66. The topological polar surface area (TPSA) is 52.6 Å². The van der Waals surface area contributed by atoms with Crippen LogP contribution in [0.5, 0.6) is 0 Å². The summed E-state index contributed by atoms with van der Waals surface area (Å²) in [5.74, 6) is 0.850. The quantitative estimate of drug-likeness (QED) is 0.368. The number of anilines is 1. The molecule has 1 aromatic heterocycles. The van der Waals surface area contributed by atoms with E-state index in [-0.39, 0.29) is 24.0 Å². The van der Waals surface area contributed by atoms with E-state index in [9.17, 15) is 0 Å². The number of rotatable bonds is 7. The third kappa shape index (κ3) is 7.60. The molecule has 0 amide bonds. The maximum Gasteiger partial charge on any atom is 0.191 e. The molecule has 1 aromatic carbocycles.